The zero-order chi connectivity index (χ0) is 16.7. The van der Waals surface area contributed by atoms with Crippen molar-refractivity contribution in [3.8, 4) is 11.5 Å². The second kappa shape index (κ2) is 8.19. The van der Waals surface area contributed by atoms with E-state index in [0.29, 0.717) is 18.7 Å². The van der Waals surface area contributed by atoms with Gasteiger partial charge in [0.15, 0.2) is 11.5 Å². The number of carbonyl (C=O) groups is 2. The van der Waals surface area contributed by atoms with Gasteiger partial charge in [0.1, 0.15) is 6.61 Å². The Morgan fingerprint density at radius 2 is 2.17 bits per heavy atom. The second-order valence-corrected chi connectivity index (χ2v) is 5.01. The highest BCUT2D eigenvalue weighted by molar-refractivity contribution is 5.86. The van der Waals surface area contributed by atoms with Crippen molar-refractivity contribution in [2.45, 2.75) is 18.9 Å². The fraction of sp³-hybridized carbons (Fsp3) is 0.375. The van der Waals surface area contributed by atoms with Gasteiger partial charge < -0.3 is 25.3 Å². The van der Waals surface area contributed by atoms with Crippen molar-refractivity contribution < 1.29 is 23.8 Å². The number of esters is 1. The predicted octanol–water partition coefficient (Wildman–Crippen LogP) is 0.521. The van der Waals surface area contributed by atoms with Gasteiger partial charge in [0.05, 0.1) is 12.5 Å². The predicted molar refractivity (Wildman–Crippen MR) is 83.0 cm³/mol. The summed E-state index contributed by atoms with van der Waals surface area (Å²) in [5, 5.41) is 2.70. The summed E-state index contributed by atoms with van der Waals surface area (Å²) in [4.78, 5) is 23.2. The van der Waals surface area contributed by atoms with Crippen LogP contribution in [0.25, 0.3) is 0 Å². The third-order valence-electron chi connectivity index (χ3n) is 3.24. The van der Waals surface area contributed by atoms with Crippen LogP contribution in [0.3, 0.4) is 0 Å². The number of hydrogen-bond donors (Lipinski definition) is 2. The van der Waals surface area contributed by atoms with Gasteiger partial charge in [0.25, 0.3) is 0 Å². The molecule has 1 aliphatic rings. The lowest BCUT2D eigenvalue weighted by Crippen LogP contribution is -2.42. The van der Waals surface area contributed by atoms with Gasteiger partial charge in [0, 0.05) is 6.54 Å². The number of carbonyl (C=O) groups excluding carboxylic acids is 2. The third-order valence-corrected chi connectivity index (χ3v) is 3.24. The Morgan fingerprint density at radius 1 is 1.39 bits per heavy atom. The van der Waals surface area contributed by atoms with Gasteiger partial charge in [-0.2, -0.15) is 0 Å². The minimum Gasteiger partial charge on any atom is -0.461 e. The molecule has 1 aromatic rings. The molecule has 0 bridgehead atoms. The van der Waals surface area contributed by atoms with Crippen molar-refractivity contribution in [2.75, 3.05) is 19.9 Å². The SMILES string of the molecule is C=CCOC(=O)CC(N)C(=O)NCCc1ccc2c(c1)OCO2. The molecule has 7 nitrogen and oxygen atoms in total. The Labute approximate surface area is 134 Å². The first-order valence-corrected chi connectivity index (χ1v) is 7.28. The van der Waals surface area contributed by atoms with Crippen LogP contribution in [0.4, 0.5) is 0 Å². The molecule has 23 heavy (non-hydrogen) atoms. The minimum absolute atomic E-state index is 0.108. The smallest absolute Gasteiger partial charge is 0.308 e. The van der Waals surface area contributed by atoms with E-state index in [1.807, 2.05) is 18.2 Å². The molecular formula is C16H20N2O5. The Kier molecular flexibility index (Phi) is 5.99. The fourth-order valence-electron chi connectivity index (χ4n) is 2.04. The molecule has 7 heteroatoms. The topological polar surface area (TPSA) is 99.9 Å². The molecule has 0 saturated heterocycles. The average molecular weight is 320 g/mol. The molecule has 1 amide bonds. The molecule has 0 aromatic heterocycles. The molecule has 1 aromatic carbocycles. The molecule has 124 valence electrons. The van der Waals surface area contributed by atoms with Gasteiger partial charge >= 0.3 is 5.97 Å². The lowest BCUT2D eigenvalue weighted by atomic mass is 10.1. The Balaban J connectivity index is 1.71. The number of benzene rings is 1. The molecule has 0 spiro atoms. The monoisotopic (exact) mass is 320 g/mol. The van der Waals surface area contributed by atoms with E-state index in [0.717, 1.165) is 11.3 Å². The van der Waals surface area contributed by atoms with Crippen LogP contribution in [-0.4, -0.2) is 37.9 Å². The van der Waals surface area contributed by atoms with Gasteiger partial charge in [-0.25, -0.2) is 0 Å². The summed E-state index contributed by atoms with van der Waals surface area (Å²) < 4.78 is 15.3. The molecule has 0 saturated carbocycles. The lowest BCUT2D eigenvalue weighted by Gasteiger charge is -2.11. The zero-order valence-electron chi connectivity index (χ0n) is 12.7. The van der Waals surface area contributed by atoms with Crippen molar-refractivity contribution >= 4 is 11.9 Å². The van der Waals surface area contributed by atoms with Crippen LogP contribution >= 0.6 is 0 Å². The summed E-state index contributed by atoms with van der Waals surface area (Å²) in [7, 11) is 0. The molecule has 3 N–H and O–H groups in total. The quantitative estimate of drug-likeness (QED) is 0.535. The molecule has 1 atom stereocenters. The molecule has 2 rings (SSSR count). The standard InChI is InChI=1S/C16H20N2O5/c1-2-7-21-15(19)9-12(17)16(20)18-6-5-11-3-4-13-14(8-11)23-10-22-13/h2-4,8,12H,1,5-7,9-10,17H2,(H,18,20). The number of fused-ring (bicyclic) bond motifs is 1. The van der Waals surface area contributed by atoms with Crippen LogP contribution in [0.15, 0.2) is 30.9 Å². The van der Waals surface area contributed by atoms with Crippen molar-refractivity contribution in [3.63, 3.8) is 0 Å². The number of ether oxygens (including phenoxy) is 3. The summed E-state index contributed by atoms with van der Waals surface area (Å²) in [6, 6.07) is 4.69. The first kappa shape index (κ1) is 16.8. The summed E-state index contributed by atoms with van der Waals surface area (Å²) >= 11 is 0. The molecule has 0 radical (unpaired) electrons. The maximum Gasteiger partial charge on any atom is 0.308 e. The molecule has 1 heterocycles. The molecule has 0 aliphatic carbocycles. The fourth-order valence-corrected chi connectivity index (χ4v) is 2.04. The highest BCUT2D eigenvalue weighted by Crippen LogP contribution is 2.32. The van der Waals surface area contributed by atoms with Crippen molar-refractivity contribution in [1.29, 1.82) is 0 Å². The third kappa shape index (κ3) is 5.00. The van der Waals surface area contributed by atoms with Gasteiger partial charge in [-0.1, -0.05) is 18.7 Å². The summed E-state index contributed by atoms with van der Waals surface area (Å²) in [5.41, 5.74) is 6.68. The number of hydrogen-bond acceptors (Lipinski definition) is 6. The van der Waals surface area contributed by atoms with Crippen molar-refractivity contribution in [3.05, 3.63) is 36.4 Å². The average Bonchev–Trinajstić information content (AvgIpc) is 3.00. The van der Waals surface area contributed by atoms with E-state index in [2.05, 4.69) is 11.9 Å². The van der Waals surface area contributed by atoms with E-state index in [1.165, 1.54) is 6.08 Å². The van der Waals surface area contributed by atoms with E-state index < -0.39 is 12.0 Å². The highest BCUT2D eigenvalue weighted by Gasteiger charge is 2.18. The van der Waals surface area contributed by atoms with Gasteiger partial charge in [-0.05, 0) is 24.1 Å². The van der Waals surface area contributed by atoms with Gasteiger partial charge in [0.2, 0.25) is 12.7 Å². The second-order valence-electron chi connectivity index (χ2n) is 5.01. The zero-order valence-corrected chi connectivity index (χ0v) is 12.7. The Bertz CT molecular complexity index is 588. The minimum atomic E-state index is -0.927. The van der Waals surface area contributed by atoms with Gasteiger partial charge in [-0.3, -0.25) is 9.59 Å². The van der Waals surface area contributed by atoms with Gasteiger partial charge in [-0.15, -0.1) is 0 Å². The normalized spacial score (nSPS) is 13.3. The maximum atomic E-state index is 11.8. The maximum absolute atomic E-state index is 11.8. The number of nitrogens with two attached hydrogens (primary N) is 1. The lowest BCUT2D eigenvalue weighted by molar-refractivity contribution is -0.144. The van der Waals surface area contributed by atoms with E-state index in [9.17, 15) is 9.59 Å². The Hall–Kier alpha value is -2.54. The molecular weight excluding hydrogens is 300 g/mol. The summed E-state index contributed by atoms with van der Waals surface area (Å²) in [6.07, 6.45) is 1.91. The first-order valence-electron chi connectivity index (χ1n) is 7.28. The summed E-state index contributed by atoms with van der Waals surface area (Å²) in [5.74, 6) is 0.512. The largest absolute Gasteiger partial charge is 0.461 e. The van der Waals surface area contributed by atoms with Crippen molar-refractivity contribution in [1.82, 2.24) is 5.32 Å². The Morgan fingerprint density at radius 3 is 2.96 bits per heavy atom. The van der Waals surface area contributed by atoms with E-state index in [4.69, 9.17) is 19.9 Å². The van der Waals surface area contributed by atoms with Crippen LogP contribution in [0.1, 0.15) is 12.0 Å². The van der Waals surface area contributed by atoms with Crippen LogP contribution in [0.5, 0.6) is 11.5 Å². The number of amides is 1. The van der Waals surface area contributed by atoms with Crippen LogP contribution in [0.2, 0.25) is 0 Å². The molecule has 1 aliphatic heterocycles. The van der Waals surface area contributed by atoms with Crippen LogP contribution in [-0.2, 0) is 20.7 Å². The first-order chi connectivity index (χ1) is 11.1. The van der Waals surface area contributed by atoms with E-state index in [-0.39, 0.29) is 25.7 Å². The van der Waals surface area contributed by atoms with Crippen LogP contribution in [0, 0.1) is 0 Å². The van der Waals surface area contributed by atoms with E-state index >= 15 is 0 Å². The number of rotatable bonds is 8. The van der Waals surface area contributed by atoms with Crippen molar-refractivity contribution in [2.24, 2.45) is 5.73 Å². The molecule has 1 unspecified atom stereocenters. The summed E-state index contributed by atoms with van der Waals surface area (Å²) in [6.45, 7) is 4.18. The highest BCUT2D eigenvalue weighted by atomic mass is 16.7. The van der Waals surface area contributed by atoms with E-state index in [1.54, 1.807) is 0 Å². The number of nitrogens with one attached hydrogen (secondary N) is 1. The molecule has 0 fully saturated rings. The van der Waals surface area contributed by atoms with Crippen LogP contribution < -0.4 is 20.5 Å².